The van der Waals surface area contributed by atoms with Crippen LogP contribution in [0.2, 0.25) is 0 Å². The molecule has 0 radical (unpaired) electrons. The third kappa shape index (κ3) is 4.81. The predicted molar refractivity (Wildman–Crippen MR) is 104 cm³/mol. The van der Waals surface area contributed by atoms with Gasteiger partial charge in [-0.2, -0.15) is 0 Å². The molecule has 0 bridgehead atoms. The van der Waals surface area contributed by atoms with Crippen molar-refractivity contribution in [3.05, 3.63) is 29.8 Å². The molecule has 2 saturated heterocycles. The van der Waals surface area contributed by atoms with Crippen molar-refractivity contribution < 1.29 is 22.7 Å². The summed E-state index contributed by atoms with van der Waals surface area (Å²) in [4.78, 5) is 16.5. The lowest BCUT2D eigenvalue weighted by Gasteiger charge is -2.37. The summed E-state index contributed by atoms with van der Waals surface area (Å²) in [5.74, 6) is 1.76. The highest BCUT2D eigenvalue weighted by molar-refractivity contribution is 7.91. The van der Waals surface area contributed by atoms with Gasteiger partial charge in [0, 0.05) is 38.3 Å². The van der Waals surface area contributed by atoms with Crippen molar-refractivity contribution in [3.63, 3.8) is 0 Å². The molecule has 7 nitrogen and oxygen atoms in total. The Labute approximate surface area is 160 Å². The maximum atomic E-state index is 12.4. The van der Waals surface area contributed by atoms with E-state index in [1.54, 1.807) is 37.3 Å². The molecule has 3 rings (SSSR count). The number of sulfone groups is 1. The molecule has 1 amide bonds. The van der Waals surface area contributed by atoms with E-state index in [1.807, 2.05) is 12.1 Å². The van der Waals surface area contributed by atoms with Crippen molar-refractivity contribution >= 4 is 21.8 Å². The summed E-state index contributed by atoms with van der Waals surface area (Å²) in [5, 5.41) is 0. The minimum atomic E-state index is -2.88. The van der Waals surface area contributed by atoms with Gasteiger partial charge in [-0.05, 0) is 30.2 Å². The van der Waals surface area contributed by atoms with E-state index in [9.17, 15) is 13.2 Å². The van der Waals surface area contributed by atoms with Gasteiger partial charge in [0.2, 0.25) is 5.91 Å². The van der Waals surface area contributed by atoms with Crippen LogP contribution in [0, 0.1) is 0 Å². The molecule has 2 heterocycles. The first-order valence-electron chi connectivity index (χ1n) is 9.05. The molecule has 0 aromatic heterocycles. The fourth-order valence-corrected chi connectivity index (χ4v) is 5.36. The molecule has 0 N–H and O–H groups in total. The fraction of sp³-hybridized carbons (Fsp3) is 0.526. The van der Waals surface area contributed by atoms with Crippen LogP contribution in [-0.4, -0.2) is 82.1 Å². The molecule has 2 aliphatic rings. The second kappa shape index (κ2) is 8.31. The summed E-state index contributed by atoms with van der Waals surface area (Å²) in [6.45, 7) is 2.67. The number of methoxy groups -OCH3 is 2. The lowest BCUT2D eigenvalue weighted by Crippen LogP contribution is -2.52. The van der Waals surface area contributed by atoms with Crippen LogP contribution in [0.4, 0.5) is 0 Å². The zero-order valence-electron chi connectivity index (χ0n) is 15.8. The first kappa shape index (κ1) is 19.7. The van der Waals surface area contributed by atoms with Crippen molar-refractivity contribution in [3.8, 4) is 11.5 Å². The van der Waals surface area contributed by atoms with Gasteiger partial charge >= 0.3 is 0 Å². The summed E-state index contributed by atoms with van der Waals surface area (Å²) in [7, 11) is 0.279. The first-order valence-corrected chi connectivity index (χ1v) is 10.9. The van der Waals surface area contributed by atoms with Gasteiger partial charge in [-0.25, -0.2) is 8.42 Å². The molecule has 27 heavy (non-hydrogen) atoms. The quantitative estimate of drug-likeness (QED) is 0.695. The van der Waals surface area contributed by atoms with Crippen LogP contribution in [-0.2, 0) is 14.6 Å². The highest BCUT2D eigenvalue weighted by atomic mass is 32.2. The standard InChI is InChI=1S/C19H26N2O5S/c1-25-17-5-3-15(13-18(17)26-2)4-6-19(22)21-10-8-20(9-11-21)16-7-12-27(23,24)14-16/h3-6,13,16H,7-12,14H2,1-2H3/b6-4+/t16-/m1/s1. The Bertz CT molecular complexity index is 813. The van der Waals surface area contributed by atoms with Gasteiger partial charge in [0.1, 0.15) is 0 Å². The Kier molecular flexibility index (Phi) is 6.06. The average Bonchev–Trinajstić information content (AvgIpc) is 3.05. The number of nitrogens with zero attached hydrogens (tertiary/aromatic N) is 2. The number of amides is 1. The number of hydrogen-bond acceptors (Lipinski definition) is 6. The molecule has 0 aliphatic carbocycles. The Morgan fingerprint density at radius 2 is 1.81 bits per heavy atom. The molecule has 8 heteroatoms. The molecule has 2 fully saturated rings. The molecule has 148 valence electrons. The zero-order valence-corrected chi connectivity index (χ0v) is 16.6. The number of ether oxygens (including phenoxy) is 2. The van der Waals surface area contributed by atoms with E-state index < -0.39 is 9.84 Å². The van der Waals surface area contributed by atoms with Crippen molar-refractivity contribution in [2.45, 2.75) is 12.5 Å². The highest BCUT2D eigenvalue weighted by Gasteiger charge is 2.34. The van der Waals surface area contributed by atoms with Gasteiger partial charge in [-0.15, -0.1) is 0 Å². The summed E-state index contributed by atoms with van der Waals surface area (Å²) in [5.41, 5.74) is 0.857. The van der Waals surface area contributed by atoms with E-state index >= 15 is 0 Å². The summed E-state index contributed by atoms with van der Waals surface area (Å²) in [6, 6.07) is 5.59. The number of benzene rings is 1. The molecule has 1 atom stereocenters. The largest absolute Gasteiger partial charge is 0.493 e. The second-order valence-electron chi connectivity index (χ2n) is 6.87. The maximum Gasteiger partial charge on any atom is 0.246 e. The highest BCUT2D eigenvalue weighted by Crippen LogP contribution is 2.28. The van der Waals surface area contributed by atoms with Crippen molar-refractivity contribution in [1.29, 1.82) is 0 Å². The van der Waals surface area contributed by atoms with E-state index in [-0.39, 0.29) is 23.5 Å². The molecular weight excluding hydrogens is 368 g/mol. The Morgan fingerprint density at radius 3 is 2.41 bits per heavy atom. The fourth-order valence-electron chi connectivity index (χ4n) is 3.60. The Balaban J connectivity index is 1.54. The van der Waals surface area contributed by atoms with E-state index in [4.69, 9.17) is 9.47 Å². The lowest BCUT2D eigenvalue weighted by atomic mass is 10.1. The number of carbonyl (C=O) groups excluding carboxylic acids is 1. The van der Waals surface area contributed by atoms with Crippen LogP contribution >= 0.6 is 0 Å². The van der Waals surface area contributed by atoms with Gasteiger partial charge in [-0.3, -0.25) is 9.69 Å². The zero-order chi connectivity index (χ0) is 19.4. The molecule has 1 aromatic carbocycles. The molecule has 0 unspecified atom stereocenters. The smallest absolute Gasteiger partial charge is 0.246 e. The average molecular weight is 394 g/mol. The SMILES string of the molecule is COc1ccc(/C=C/C(=O)N2CCN([C@@H]3CCS(=O)(=O)C3)CC2)cc1OC. The van der Waals surface area contributed by atoms with Crippen LogP contribution in [0.25, 0.3) is 6.08 Å². The molecule has 2 aliphatic heterocycles. The van der Waals surface area contributed by atoms with Crippen molar-refractivity contribution in [2.75, 3.05) is 51.9 Å². The molecule has 0 spiro atoms. The maximum absolute atomic E-state index is 12.4. The number of piperazine rings is 1. The number of hydrogen-bond donors (Lipinski definition) is 0. The van der Waals surface area contributed by atoms with Gasteiger partial charge in [0.05, 0.1) is 25.7 Å². The van der Waals surface area contributed by atoms with E-state index in [0.29, 0.717) is 31.0 Å². The van der Waals surface area contributed by atoms with Crippen molar-refractivity contribution in [2.24, 2.45) is 0 Å². The van der Waals surface area contributed by atoms with E-state index in [2.05, 4.69) is 4.90 Å². The number of rotatable bonds is 5. The first-order chi connectivity index (χ1) is 12.9. The third-order valence-corrected chi connectivity index (χ3v) is 6.93. The van der Waals surface area contributed by atoms with Crippen LogP contribution in [0.15, 0.2) is 24.3 Å². The molecule has 1 aromatic rings. The van der Waals surface area contributed by atoms with Crippen molar-refractivity contribution in [1.82, 2.24) is 9.80 Å². The third-order valence-electron chi connectivity index (χ3n) is 5.18. The topological polar surface area (TPSA) is 76.2 Å². The Hall–Kier alpha value is -2.06. The van der Waals surface area contributed by atoms with Crippen LogP contribution in [0.5, 0.6) is 11.5 Å². The van der Waals surface area contributed by atoms with Gasteiger partial charge in [0.15, 0.2) is 21.3 Å². The van der Waals surface area contributed by atoms with Gasteiger partial charge in [0.25, 0.3) is 0 Å². The Morgan fingerprint density at radius 1 is 1.11 bits per heavy atom. The predicted octanol–water partition coefficient (Wildman–Crippen LogP) is 1.05. The lowest BCUT2D eigenvalue weighted by molar-refractivity contribution is -0.127. The van der Waals surface area contributed by atoms with Gasteiger partial charge in [-0.1, -0.05) is 6.07 Å². The van der Waals surface area contributed by atoms with E-state index in [0.717, 1.165) is 18.7 Å². The molecular formula is C19H26N2O5S. The van der Waals surface area contributed by atoms with Crippen LogP contribution in [0.1, 0.15) is 12.0 Å². The molecule has 0 saturated carbocycles. The van der Waals surface area contributed by atoms with Gasteiger partial charge < -0.3 is 14.4 Å². The van der Waals surface area contributed by atoms with Crippen LogP contribution < -0.4 is 9.47 Å². The minimum Gasteiger partial charge on any atom is -0.493 e. The monoisotopic (exact) mass is 394 g/mol. The normalized spacial score (nSPS) is 22.9. The minimum absolute atomic E-state index is 0.0384. The van der Waals surface area contributed by atoms with E-state index in [1.165, 1.54) is 0 Å². The summed E-state index contributed by atoms with van der Waals surface area (Å²) < 4.78 is 33.8. The number of carbonyl (C=O) groups is 1. The summed E-state index contributed by atoms with van der Waals surface area (Å²) >= 11 is 0. The summed E-state index contributed by atoms with van der Waals surface area (Å²) in [6.07, 6.45) is 4.03. The van der Waals surface area contributed by atoms with Crippen LogP contribution in [0.3, 0.4) is 0 Å². The second-order valence-corrected chi connectivity index (χ2v) is 9.09.